The highest BCUT2D eigenvalue weighted by atomic mass is 32.1. The molecular formula is C27H34N4OS. The molecule has 0 amide bonds. The van der Waals surface area contributed by atoms with Crippen molar-refractivity contribution in [1.82, 2.24) is 19.4 Å². The first-order valence-electron chi connectivity index (χ1n) is 12.2. The van der Waals surface area contributed by atoms with Gasteiger partial charge in [-0.1, -0.05) is 19.1 Å². The van der Waals surface area contributed by atoms with E-state index in [0.29, 0.717) is 5.92 Å². The molecule has 6 heteroatoms. The number of imidazole rings is 1. The molecule has 1 fully saturated rings. The summed E-state index contributed by atoms with van der Waals surface area (Å²) in [6.45, 7) is 6.26. The van der Waals surface area contributed by atoms with Crippen LogP contribution in [0.3, 0.4) is 0 Å². The minimum absolute atomic E-state index is 0.683. The van der Waals surface area contributed by atoms with Crippen molar-refractivity contribution < 1.29 is 4.74 Å². The van der Waals surface area contributed by atoms with Crippen molar-refractivity contribution in [3.05, 3.63) is 59.2 Å². The van der Waals surface area contributed by atoms with E-state index >= 15 is 0 Å². The van der Waals surface area contributed by atoms with E-state index in [2.05, 4.69) is 70.2 Å². The van der Waals surface area contributed by atoms with Crippen LogP contribution in [0.15, 0.2) is 48.0 Å². The maximum atomic E-state index is 6.05. The summed E-state index contributed by atoms with van der Waals surface area (Å²) in [7, 11) is 2.14. The molecule has 1 aliphatic heterocycles. The highest BCUT2D eigenvalue weighted by Crippen LogP contribution is 2.30. The van der Waals surface area contributed by atoms with E-state index in [1.54, 1.807) is 11.3 Å². The molecular weight excluding hydrogens is 428 g/mol. The third-order valence-electron chi connectivity index (χ3n) is 6.91. The molecule has 0 unspecified atom stereocenters. The number of nitrogens with zero attached hydrogens (tertiary/aromatic N) is 3. The first-order chi connectivity index (χ1) is 16.2. The Bertz CT molecular complexity index is 1180. The molecule has 4 aromatic rings. The molecule has 174 valence electrons. The summed E-state index contributed by atoms with van der Waals surface area (Å²) < 4.78 is 12.1. The van der Waals surface area contributed by atoms with Gasteiger partial charge in [-0.15, -0.1) is 11.3 Å². The number of fused-ring (bicyclic) bond motifs is 1. The van der Waals surface area contributed by atoms with Crippen molar-refractivity contribution in [1.29, 1.82) is 0 Å². The maximum Gasteiger partial charge on any atom is 0.156 e. The van der Waals surface area contributed by atoms with Crippen LogP contribution in [-0.4, -0.2) is 33.8 Å². The predicted molar refractivity (Wildman–Crippen MR) is 137 cm³/mol. The van der Waals surface area contributed by atoms with Gasteiger partial charge in [-0.3, -0.25) is 0 Å². The lowest BCUT2D eigenvalue weighted by Crippen LogP contribution is -2.30. The Labute approximate surface area is 200 Å². The lowest BCUT2D eigenvalue weighted by molar-refractivity contribution is 0.215. The molecule has 33 heavy (non-hydrogen) atoms. The van der Waals surface area contributed by atoms with Gasteiger partial charge in [0.15, 0.2) is 5.82 Å². The Morgan fingerprint density at radius 2 is 1.97 bits per heavy atom. The summed E-state index contributed by atoms with van der Waals surface area (Å²) in [5.41, 5.74) is 5.15. The van der Waals surface area contributed by atoms with Crippen molar-refractivity contribution >= 4 is 21.6 Å². The highest BCUT2D eigenvalue weighted by Gasteiger charge is 2.16. The minimum Gasteiger partial charge on any atom is -0.493 e. The summed E-state index contributed by atoms with van der Waals surface area (Å²) in [5.74, 6) is 2.76. The third-order valence-corrected chi connectivity index (χ3v) is 7.76. The Hall–Kier alpha value is -2.57. The largest absolute Gasteiger partial charge is 0.493 e. The Morgan fingerprint density at radius 3 is 2.73 bits per heavy atom. The first kappa shape index (κ1) is 22.2. The molecule has 1 saturated heterocycles. The fraction of sp³-hybridized carbons (Fsp3) is 0.444. The highest BCUT2D eigenvalue weighted by molar-refractivity contribution is 7.17. The second-order valence-corrected chi connectivity index (χ2v) is 10.0. The van der Waals surface area contributed by atoms with Crippen molar-refractivity contribution in [3.8, 4) is 17.3 Å². The molecule has 0 spiro atoms. The first-order valence-corrected chi connectivity index (χ1v) is 13.1. The van der Waals surface area contributed by atoms with Gasteiger partial charge in [-0.25, -0.2) is 4.98 Å². The van der Waals surface area contributed by atoms with Gasteiger partial charge in [0, 0.05) is 25.5 Å². The number of nitrogens with one attached hydrogen (secondary N) is 1. The van der Waals surface area contributed by atoms with Crippen molar-refractivity contribution in [2.24, 2.45) is 13.0 Å². The molecule has 0 atom stereocenters. The zero-order valence-corrected chi connectivity index (χ0v) is 20.5. The Kier molecular flexibility index (Phi) is 6.83. The van der Waals surface area contributed by atoms with E-state index in [4.69, 9.17) is 9.72 Å². The maximum absolute atomic E-state index is 6.05. The fourth-order valence-electron chi connectivity index (χ4n) is 4.87. The number of benzene rings is 1. The molecule has 5 nitrogen and oxygen atoms in total. The van der Waals surface area contributed by atoms with Crippen LogP contribution in [0.1, 0.15) is 37.4 Å². The molecule has 0 bridgehead atoms. The second kappa shape index (κ2) is 10.1. The summed E-state index contributed by atoms with van der Waals surface area (Å²) in [6.07, 6.45) is 7.62. The SMILES string of the molecule is CCc1cnc(-c2cc3sccc3n2C)n1CCCc1ccc(OCC2CCNCC2)cc1. The smallest absolute Gasteiger partial charge is 0.156 e. The molecule has 1 N–H and O–H groups in total. The monoisotopic (exact) mass is 462 g/mol. The minimum atomic E-state index is 0.683. The van der Waals surface area contributed by atoms with Gasteiger partial charge in [0.05, 0.1) is 22.5 Å². The summed E-state index contributed by atoms with van der Waals surface area (Å²) in [5, 5.41) is 5.57. The number of aryl methyl sites for hydroxylation is 3. The molecule has 0 radical (unpaired) electrons. The fourth-order valence-corrected chi connectivity index (χ4v) is 5.72. The molecule has 3 aromatic heterocycles. The predicted octanol–water partition coefficient (Wildman–Crippen LogP) is 5.68. The lowest BCUT2D eigenvalue weighted by Gasteiger charge is -2.22. The molecule has 4 heterocycles. The number of hydrogen-bond acceptors (Lipinski definition) is 4. The van der Waals surface area contributed by atoms with Gasteiger partial charge in [0.1, 0.15) is 5.75 Å². The topological polar surface area (TPSA) is 44.0 Å². The van der Waals surface area contributed by atoms with Crippen LogP contribution in [0.4, 0.5) is 0 Å². The van der Waals surface area contributed by atoms with Crippen molar-refractivity contribution in [2.75, 3.05) is 19.7 Å². The van der Waals surface area contributed by atoms with E-state index < -0.39 is 0 Å². The summed E-state index contributed by atoms with van der Waals surface area (Å²) >= 11 is 1.79. The van der Waals surface area contributed by atoms with Crippen LogP contribution in [-0.2, 0) is 26.4 Å². The van der Waals surface area contributed by atoms with Gasteiger partial charge in [-0.05, 0) is 86.3 Å². The number of thiophene rings is 1. The normalized spacial score (nSPS) is 14.8. The van der Waals surface area contributed by atoms with E-state index in [0.717, 1.165) is 57.1 Å². The van der Waals surface area contributed by atoms with Crippen LogP contribution in [0.5, 0.6) is 5.75 Å². The summed E-state index contributed by atoms with van der Waals surface area (Å²) in [4.78, 5) is 4.82. The number of aromatic nitrogens is 3. The number of ether oxygens (including phenoxy) is 1. The average molecular weight is 463 g/mol. The molecule has 0 aliphatic carbocycles. The second-order valence-electron chi connectivity index (χ2n) is 9.09. The lowest BCUT2D eigenvalue weighted by atomic mass is 9.99. The van der Waals surface area contributed by atoms with Crippen LogP contribution < -0.4 is 10.1 Å². The number of rotatable bonds is 9. The van der Waals surface area contributed by atoms with E-state index in [-0.39, 0.29) is 0 Å². The zero-order valence-electron chi connectivity index (χ0n) is 19.7. The van der Waals surface area contributed by atoms with Crippen molar-refractivity contribution in [3.63, 3.8) is 0 Å². The Balaban J connectivity index is 1.20. The van der Waals surface area contributed by atoms with E-state index in [1.807, 2.05) is 6.20 Å². The number of piperidine rings is 1. The van der Waals surface area contributed by atoms with Gasteiger partial charge in [0.2, 0.25) is 0 Å². The molecule has 0 saturated carbocycles. The zero-order chi connectivity index (χ0) is 22.6. The summed E-state index contributed by atoms with van der Waals surface area (Å²) in [6, 6.07) is 13.2. The third kappa shape index (κ3) is 4.87. The molecule has 1 aromatic carbocycles. The van der Waals surface area contributed by atoms with Gasteiger partial charge >= 0.3 is 0 Å². The quantitative estimate of drug-likeness (QED) is 0.348. The Morgan fingerprint density at radius 1 is 1.15 bits per heavy atom. The van der Waals surface area contributed by atoms with Crippen LogP contribution in [0.25, 0.3) is 21.7 Å². The van der Waals surface area contributed by atoms with Crippen molar-refractivity contribution in [2.45, 2.75) is 45.6 Å². The van der Waals surface area contributed by atoms with Gasteiger partial charge in [-0.2, -0.15) is 0 Å². The standard InChI is InChI=1S/C27H34N4OS/c1-3-22-18-29-27(25-17-26-24(30(25)2)12-16-33-26)31(22)15-4-5-20-6-8-23(9-7-20)32-19-21-10-13-28-14-11-21/h6-9,12,16-18,21,28H,3-5,10-11,13-15,19H2,1-2H3. The van der Waals surface area contributed by atoms with E-state index in [9.17, 15) is 0 Å². The average Bonchev–Trinajstić information content (AvgIpc) is 3.55. The van der Waals surface area contributed by atoms with Crippen LogP contribution in [0, 0.1) is 5.92 Å². The van der Waals surface area contributed by atoms with E-state index in [1.165, 1.54) is 40.0 Å². The van der Waals surface area contributed by atoms with Crippen LogP contribution >= 0.6 is 11.3 Å². The van der Waals surface area contributed by atoms with Gasteiger partial charge < -0.3 is 19.2 Å². The number of hydrogen-bond donors (Lipinski definition) is 1. The van der Waals surface area contributed by atoms with Gasteiger partial charge in [0.25, 0.3) is 0 Å². The van der Waals surface area contributed by atoms with Crippen LogP contribution in [0.2, 0.25) is 0 Å². The molecule has 1 aliphatic rings. The molecule has 5 rings (SSSR count).